The molecule has 0 fully saturated rings. The topological polar surface area (TPSA) is 144 Å². The van der Waals surface area contributed by atoms with Gasteiger partial charge in [0, 0.05) is 16.6 Å². The van der Waals surface area contributed by atoms with Crippen LogP contribution in [0.1, 0.15) is 7.12 Å². The number of amidine groups is 1. The van der Waals surface area contributed by atoms with Gasteiger partial charge in [0.25, 0.3) is 0 Å². The van der Waals surface area contributed by atoms with Gasteiger partial charge in [-0.1, -0.05) is 6.07 Å². The SMILES string of the molecule is N/C([S-])=N/N=C/c1ccccn1.O=S(=O)([O-])[O-].[H+].[Zn+2]. The van der Waals surface area contributed by atoms with E-state index in [-0.39, 0.29) is 26.1 Å². The molecule has 0 radical (unpaired) electrons. The Kier molecular flexibility index (Phi) is 10.7. The Balaban J connectivity index is -0.000000320. The summed E-state index contributed by atoms with van der Waals surface area (Å²) in [4.78, 5) is 3.98. The van der Waals surface area contributed by atoms with E-state index < -0.39 is 10.4 Å². The van der Waals surface area contributed by atoms with Crippen molar-refractivity contribution >= 4 is 34.4 Å². The maximum atomic E-state index is 8.52. The molecule has 2 N–H and O–H groups in total. The molecule has 0 unspecified atom stereocenters. The van der Waals surface area contributed by atoms with Gasteiger partial charge in [-0.05, 0) is 17.3 Å². The van der Waals surface area contributed by atoms with Crippen molar-refractivity contribution < 1.29 is 38.4 Å². The zero-order chi connectivity index (χ0) is 13.3. The first kappa shape index (κ1) is 19.3. The van der Waals surface area contributed by atoms with Crippen LogP contribution in [0.5, 0.6) is 0 Å². The number of aromatic nitrogens is 1. The second-order valence-corrected chi connectivity index (χ2v) is 3.58. The van der Waals surface area contributed by atoms with Crippen LogP contribution in [0.15, 0.2) is 34.6 Å². The molecule has 0 saturated carbocycles. The summed E-state index contributed by atoms with van der Waals surface area (Å²) in [6, 6.07) is 5.48. The first-order chi connectivity index (χ1) is 7.79. The van der Waals surface area contributed by atoms with Gasteiger partial charge in [0.05, 0.1) is 11.9 Å². The number of hydrogen-bond acceptors (Lipinski definition) is 8. The fourth-order valence-electron chi connectivity index (χ4n) is 0.597. The zero-order valence-electron chi connectivity index (χ0n) is 9.96. The molecule has 0 saturated heterocycles. The maximum Gasteiger partial charge on any atom is 2.00 e. The predicted octanol–water partition coefficient (Wildman–Crippen LogP) is -0.951. The molecule has 1 aromatic heterocycles. The molecule has 18 heavy (non-hydrogen) atoms. The van der Waals surface area contributed by atoms with E-state index in [9.17, 15) is 0 Å². The Morgan fingerprint density at radius 3 is 2.44 bits per heavy atom. The molecule has 1 heterocycles. The molecule has 0 aliphatic carbocycles. The van der Waals surface area contributed by atoms with Gasteiger partial charge in [-0.25, -0.2) is 0 Å². The Morgan fingerprint density at radius 2 is 2.06 bits per heavy atom. The number of nitrogens with two attached hydrogens (primary N) is 1. The van der Waals surface area contributed by atoms with Crippen LogP contribution >= 0.6 is 0 Å². The summed E-state index contributed by atoms with van der Waals surface area (Å²) in [5.74, 6) is 0. The van der Waals surface area contributed by atoms with E-state index in [0.29, 0.717) is 0 Å². The van der Waals surface area contributed by atoms with E-state index in [1.54, 1.807) is 12.3 Å². The third-order valence-corrected chi connectivity index (χ3v) is 1.12. The molecule has 94 valence electrons. The van der Waals surface area contributed by atoms with E-state index in [2.05, 4.69) is 27.8 Å². The molecule has 8 nitrogen and oxygen atoms in total. The standard InChI is InChI=1S/C7H8N4S.H2O4S.Zn/c8-7(12)11-10-5-6-3-1-2-4-9-6;1-5(2,3)4;/h1-5H,(H3,8,11,12);(H2,1,2,3,4);/q;;+2/p-2/b10-5+;;. The van der Waals surface area contributed by atoms with Gasteiger partial charge in [-0.2, -0.15) is 10.2 Å². The monoisotopic (exact) mass is 340 g/mol. The zero-order valence-corrected chi connectivity index (χ0v) is 13.6. The van der Waals surface area contributed by atoms with E-state index >= 15 is 0 Å². The molecule has 0 spiro atoms. The average Bonchev–Trinajstić information content (AvgIpc) is 2.16. The Bertz CT molecular complexity index is 485. The van der Waals surface area contributed by atoms with Crippen molar-refractivity contribution in [3.05, 3.63) is 30.1 Å². The van der Waals surface area contributed by atoms with Crippen LogP contribution in [0.3, 0.4) is 0 Å². The van der Waals surface area contributed by atoms with Crippen LogP contribution < -0.4 is 5.73 Å². The van der Waals surface area contributed by atoms with E-state index in [1.807, 2.05) is 12.1 Å². The summed E-state index contributed by atoms with van der Waals surface area (Å²) in [6.45, 7) is 0. The van der Waals surface area contributed by atoms with Gasteiger partial charge >= 0.3 is 20.9 Å². The van der Waals surface area contributed by atoms with E-state index in [4.69, 9.17) is 23.3 Å². The second-order valence-electron chi connectivity index (χ2n) is 2.35. The molecule has 1 rings (SSSR count). The summed E-state index contributed by atoms with van der Waals surface area (Å²) in [5.41, 5.74) is 5.81. The molecular weight excluding hydrogens is 334 g/mol. The van der Waals surface area contributed by atoms with Crippen molar-refractivity contribution in [3.63, 3.8) is 0 Å². The molecule has 0 atom stereocenters. The van der Waals surface area contributed by atoms with Crippen molar-refractivity contribution in [2.75, 3.05) is 0 Å². The first-order valence-corrected chi connectivity index (χ1v) is 5.64. The molecule has 0 aliphatic rings. The normalized spacial score (nSPS) is 11.3. The fraction of sp³-hybridized carbons (Fsp3) is 0. The number of rotatable bonds is 2. The molecule has 0 aliphatic heterocycles. The second kappa shape index (κ2) is 9.98. The Hall–Kier alpha value is -0.997. The third kappa shape index (κ3) is 17.4. The summed E-state index contributed by atoms with van der Waals surface area (Å²) < 4.78 is 34.1. The van der Waals surface area contributed by atoms with Crippen molar-refractivity contribution in [1.82, 2.24) is 4.98 Å². The number of hydrogen-bond donors (Lipinski definition) is 1. The summed E-state index contributed by atoms with van der Waals surface area (Å²) in [5, 5.41) is 7.09. The van der Waals surface area contributed by atoms with Gasteiger partial charge in [-0.15, -0.1) is 0 Å². The van der Waals surface area contributed by atoms with Crippen molar-refractivity contribution in [2.45, 2.75) is 0 Å². The van der Waals surface area contributed by atoms with Gasteiger partial charge in [0.1, 0.15) is 0 Å². The summed E-state index contributed by atoms with van der Waals surface area (Å²) in [6.07, 6.45) is 3.15. The van der Waals surface area contributed by atoms with Crippen LogP contribution in [0, 0.1) is 0 Å². The molecule has 11 heteroatoms. The molecule has 1 aromatic rings. The van der Waals surface area contributed by atoms with Gasteiger partial charge in [-0.3, -0.25) is 13.4 Å². The Morgan fingerprint density at radius 1 is 1.50 bits per heavy atom. The number of nitrogens with zero attached hydrogens (tertiary/aromatic N) is 3. The fourth-order valence-corrected chi connectivity index (χ4v) is 0.644. The van der Waals surface area contributed by atoms with Crippen LogP contribution in [-0.2, 0) is 42.5 Å². The minimum atomic E-state index is -5.17. The predicted molar refractivity (Wildman–Crippen MR) is 62.4 cm³/mol. The van der Waals surface area contributed by atoms with Gasteiger partial charge < -0.3 is 27.5 Å². The molecular formula is C7H8N4O4S2Zn. The van der Waals surface area contributed by atoms with E-state index in [1.165, 1.54) is 6.21 Å². The number of pyridine rings is 1. The molecule has 0 bridgehead atoms. The van der Waals surface area contributed by atoms with Crippen molar-refractivity contribution in [2.24, 2.45) is 15.9 Å². The van der Waals surface area contributed by atoms with Crippen LogP contribution in [0.4, 0.5) is 0 Å². The maximum absolute atomic E-state index is 8.52. The third-order valence-electron chi connectivity index (χ3n) is 1.03. The summed E-state index contributed by atoms with van der Waals surface area (Å²) in [7, 11) is -5.17. The van der Waals surface area contributed by atoms with Crippen molar-refractivity contribution in [3.8, 4) is 0 Å². The van der Waals surface area contributed by atoms with Crippen LogP contribution in [0.25, 0.3) is 0 Å². The minimum Gasteiger partial charge on any atom is -0.759 e. The largest absolute Gasteiger partial charge is 2.00 e. The van der Waals surface area contributed by atoms with E-state index in [0.717, 1.165) is 5.69 Å². The average molecular weight is 342 g/mol. The minimum absolute atomic E-state index is 0. The van der Waals surface area contributed by atoms with Gasteiger partial charge in [0.15, 0.2) is 0 Å². The quantitative estimate of drug-likeness (QED) is 0.139. The first-order valence-electron chi connectivity index (χ1n) is 3.90. The molecule has 0 aromatic carbocycles. The Labute approximate surface area is 124 Å². The van der Waals surface area contributed by atoms with Crippen molar-refractivity contribution in [1.29, 1.82) is 0 Å². The molecule has 0 amide bonds. The smallest absolute Gasteiger partial charge is 0.759 e. The van der Waals surface area contributed by atoms with Crippen LogP contribution in [-0.4, -0.2) is 33.9 Å². The van der Waals surface area contributed by atoms with Gasteiger partial charge in [0.2, 0.25) is 0 Å². The van der Waals surface area contributed by atoms with Crippen LogP contribution in [0.2, 0.25) is 0 Å². The summed E-state index contributed by atoms with van der Waals surface area (Å²) >= 11 is 4.49.